The summed E-state index contributed by atoms with van der Waals surface area (Å²) in [6.07, 6.45) is 20.8. The van der Waals surface area contributed by atoms with Crippen LogP contribution in [0.4, 0.5) is 0 Å². The zero-order chi connectivity index (χ0) is 27.2. The lowest BCUT2D eigenvalue weighted by Crippen LogP contribution is -2.23. The van der Waals surface area contributed by atoms with Gasteiger partial charge in [0.05, 0.1) is 0 Å². The van der Waals surface area contributed by atoms with Crippen LogP contribution in [0, 0.1) is 37.0 Å². The summed E-state index contributed by atoms with van der Waals surface area (Å²) in [6, 6.07) is 27.0. The van der Waals surface area contributed by atoms with Crippen molar-refractivity contribution in [1.82, 2.24) is 0 Å². The lowest BCUT2D eigenvalue weighted by atomic mass is 9.69. The van der Waals surface area contributed by atoms with Crippen LogP contribution >= 0.6 is 0 Å². The predicted octanol–water partition coefficient (Wildman–Crippen LogP) is 9.89. The van der Waals surface area contributed by atoms with E-state index < -0.39 is 0 Å². The van der Waals surface area contributed by atoms with E-state index >= 15 is 0 Å². The van der Waals surface area contributed by atoms with Crippen molar-refractivity contribution in [2.45, 2.75) is 64.7 Å². The van der Waals surface area contributed by atoms with Crippen LogP contribution in [0.2, 0.25) is 0 Å². The molecule has 3 aromatic carbocycles. The van der Waals surface area contributed by atoms with Gasteiger partial charge in [-0.2, -0.15) is 0 Å². The van der Waals surface area contributed by atoms with Crippen molar-refractivity contribution in [3.05, 3.63) is 137 Å². The summed E-state index contributed by atoms with van der Waals surface area (Å²) in [6.45, 7) is 9.11. The standard InChI is InChI=1S/C39H42/c1-5-31-13-15-33(16-14-31)27-34-17-20-36(21-18-34)39(30(4)9-12-32-10-6-28(2)7-11-32)37-24-22-35(23-25-37)38-19-8-29(3)26-38/h1,6-8,10-11,13-16,19,22-26,29,34,36,39H,4,9,12,17-18,20-21,27H2,2-3H3. The molecule has 2 unspecified atom stereocenters. The SMILES string of the molecule is C#Cc1ccc(CC2CCC(C(C(=C)CCc3ccc(C)cc3)c3ccc(C4=CC(C)C=C4)cc3)CC2)cc1. The zero-order valence-electron chi connectivity index (χ0n) is 23.7. The highest BCUT2D eigenvalue weighted by Crippen LogP contribution is 2.44. The first-order chi connectivity index (χ1) is 19.0. The molecule has 3 aromatic rings. The number of rotatable bonds is 9. The fourth-order valence-electron chi connectivity index (χ4n) is 6.58. The number of allylic oxidation sites excluding steroid dienone is 5. The summed E-state index contributed by atoms with van der Waals surface area (Å²) < 4.78 is 0. The van der Waals surface area contributed by atoms with E-state index in [0.717, 1.165) is 30.7 Å². The van der Waals surface area contributed by atoms with Crippen LogP contribution in [0.1, 0.15) is 78.3 Å². The molecule has 1 saturated carbocycles. The van der Waals surface area contributed by atoms with Gasteiger partial charge >= 0.3 is 0 Å². The highest BCUT2D eigenvalue weighted by molar-refractivity contribution is 5.76. The third-order valence-electron chi connectivity index (χ3n) is 8.93. The Hall–Kier alpha value is -3.56. The van der Waals surface area contributed by atoms with E-state index in [1.165, 1.54) is 64.6 Å². The van der Waals surface area contributed by atoms with E-state index in [1.54, 1.807) is 0 Å². The Bertz CT molecular complexity index is 1350. The van der Waals surface area contributed by atoms with Crippen molar-refractivity contribution < 1.29 is 0 Å². The molecule has 0 radical (unpaired) electrons. The Morgan fingerprint density at radius 1 is 0.897 bits per heavy atom. The van der Waals surface area contributed by atoms with Gasteiger partial charge < -0.3 is 0 Å². The number of hydrogen-bond acceptors (Lipinski definition) is 0. The predicted molar refractivity (Wildman–Crippen MR) is 168 cm³/mol. The van der Waals surface area contributed by atoms with Crippen LogP contribution in [-0.4, -0.2) is 0 Å². The van der Waals surface area contributed by atoms with Crippen molar-refractivity contribution in [2.75, 3.05) is 0 Å². The van der Waals surface area contributed by atoms with Gasteiger partial charge in [0.1, 0.15) is 0 Å². The van der Waals surface area contributed by atoms with Gasteiger partial charge in [-0.05, 0) is 110 Å². The lowest BCUT2D eigenvalue weighted by Gasteiger charge is -2.35. The summed E-state index contributed by atoms with van der Waals surface area (Å²) in [7, 11) is 0. The zero-order valence-corrected chi connectivity index (χ0v) is 23.7. The monoisotopic (exact) mass is 510 g/mol. The summed E-state index contributed by atoms with van der Waals surface area (Å²) in [5.41, 5.74) is 10.6. The molecule has 2 aliphatic carbocycles. The second-order valence-corrected chi connectivity index (χ2v) is 11.9. The largest absolute Gasteiger partial charge is 0.115 e. The third-order valence-corrected chi connectivity index (χ3v) is 8.93. The first-order valence-electron chi connectivity index (χ1n) is 14.8. The van der Waals surface area contributed by atoms with Gasteiger partial charge in [-0.1, -0.05) is 109 Å². The van der Waals surface area contributed by atoms with E-state index in [-0.39, 0.29) is 0 Å². The van der Waals surface area contributed by atoms with Gasteiger partial charge in [-0.25, -0.2) is 0 Å². The Kier molecular flexibility index (Phi) is 8.68. The molecule has 5 rings (SSSR count). The van der Waals surface area contributed by atoms with E-state index in [2.05, 4.69) is 111 Å². The molecule has 0 aliphatic heterocycles. The molecule has 0 heteroatoms. The van der Waals surface area contributed by atoms with Crippen LogP contribution in [0.3, 0.4) is 0 Å². The Labute approximate surface area is 236 Å². The Morgan fingerprint density at radius 2 is 1.56 bits per heavy atom. The number of benzene rings is 3. The quantitative estimate of drug-likeness (QED) is 0.198. The second kappa shape index (κ2) is 12.5. The van der Waals surface area contributed by atoms with Crippen molar-refractivity contribution in [1.29, 1.82) is 0 Å². The first-order valence-corrected chi connectivity index (χ1v) is 14.8. The van der Waals surface area contributed by atoms with Crippen molar-refractivity contribution in [2.24, 2.45) is 17.8 Å². The van der Waals surface area contributed by atoms with Crippen LogP contribution in [0.5, 0.6) is 0 Å². The van der Waals surface area contributed by atoms with Gasteiger partial charge in [0, 0.05) is 11.5 Å². The average molecular weight is 511 g/mol. The van der Waals surface area contributed by atoms with Crippen molar-refractivity contribution >= 4 is 5.57 Å². The minimum atomic E-state index is 0.424. The molecule has 2 aliphatic rings. The van der Waals surface area contributed by atoms with Crippen molar-refractivity contribution in [3.63, 3.8) is 0 Å². The number of hydrogen-bond donors (Lipinski definition) is 0. The molecule has 0 aromatic heterocycles. The van der Waals surface area contributed by atoms with Crippen LogP contribution in [0.25, 0.3) is 5.57 Å². The van der Waals surface area contributed by atoms with E-state index in [9.17, 15) is 0 Å². The smallest absolute Gasteiger partial charge is 0.0242 e. The molecule has 0 heterocycles. The Balaban J connectivity index is 1.29. The van der Waals surface area contributed by atoms with E-state index in [0.29, 0.717) is 17.8 Å². The molecule has 0 N–H and O–H groups in total. The molecule has 0 bridgehead atoms. The van der Waals surface area contributed by atoms with Gasteiger partial charge in [-0.3, -0.25) is 0 Å². The highest BCUT2D eigenvalue weighted by atomic mass is 14.3. The van der Waals surface area contributed by atoms with Crippen LogP contribution in [-0.2, 0) is 12.8 Å². The third kappa shape index (κ3) is 6.91. The molecule has 0 nitrogen and oxygen atoms in total. The maximum absolute atomic E-state index is 5.54. The van der Waals surface area contributed by atoms with Gasteiger partial charge in [0.15, 0.2) is 0 Å². The number of aryl methyl sites for hydroxylation is 2. The van der Waals surface area contributed by atoms with Crippen LogP contribution in [0.15, 0.2) is 103 Å². The molecule has 2 atom stereocenters. The topological polar surface area (TPSA) is 0 Å². The molecule has 0 spiro atoms. The molecular weight excluding hydrogens is 468 g/mol. The Morgan fingerprint density at radius 3 is 2.18 bits per heavy atom. The molecule has 198 valence electrons. The van der Waals surface area contributed by atoms with Crippen LogP contribution < -0.4 is 0 Å². The summed E-state index contributed by atoms with van der Waals surface area (Å²) in [4.78, 5) is 0. The minimum absolute atomic E-state index is 0.424. The maximum atomic E-state index is 5.54. The maximum Gasteiger partial charge on any atom is 0.0242 e. The lowest BCUT2D eigenvalue weighted by molar-refractivity contribution is 0.252. The summed E-state index contributed by atoms with van der Waals surface area (Å²) >= 11 is 0. The summed E-state index contributed by atoms with van der Waals surface area (Å²) in [5.74, 6) is 5.10. The van der Waals surface area contributed by atoms with Gasteiger partial charge in [0.2, 0.25) is 0 Å². The second-order valence-electron chi connectivity index (χ2n) is 11.9. The fraction of sp³-hybridized carbons (Fsp3) is 0.333. The molecule has 0 amide bonds. The van der Waals surface area contributed by atoms with Crippen molar-refractivity contribution in [3.8, 4) is 12.3 Å². The molecule has 39 heavy (non-hydrogen) atoms. The fourth-order valence-corrected chi connectivity index (χ4v) is 6.58. The highest BCUT2D eigenvalue weighted by Gasteiger charge is 2.30. The average Bonchev–Trinajstić information content (AvgIpc) is 3.41. The summed E-state index contributed by atoms with van der Waals surface area (Å²) in [5, 5.41) is 0. The normalized spacial score (nSPS) is 21.3. The van der Waals surface area contributed by atoms with Gasteiger partial charge in [-0.15, -0.1) is 6.42 Å². The van der Waals surface area contributed by atoms with E-state index in [4.69, 9.17) is 13.0 Å². The first kappa shape index (κ1) is 27.0. The molecule has 0 saturated heterocycles. The van der Waals surface area contributed by atoms with E-state index in [1.807, 2.05) is 0 Å². The minimum Gasteiger partial charge on any atom is -0.115 e. The molecule has 1 fully saturated rings. The van der Waals surface area contributed by atoms with Gasteiger partial charge in [0.25, 0.3) is 0 Å². The molecular formula is C39H42. The number of terminal acetylenes is 1.